The SMILES string of the molecule is CC(=O)N(CCCN(C)C)CC(=O)Nc1ccccc1C(F)(F)F. The standard InChI is InChI=1S/C16H22F3N3O2/c1-12(23)22(10-6-9-21(2)3)11-15(24)20-14-8-5-4-7-13(14)16(17,18)19/h4-5,7-8H,6,9-11H2,1-3H3,(H,20,24). The Bertz CT molecular complexity index is 574. The van der Waals surface area contributed by atoms with Crippen molar-refractivity contribution in [2.75, 3.05) is 39.0 Å². The van der Waals surface area contributed by atoms with Crippen molar-refractivity contribution in [3.8, 4) is 0 Å². The molecule has 1 aromatic rings. The lowest BCUT2D eigenvalue weighted by Gasteiger charge is -2.22. The molecule has 0 aliphatic heterocycles. The number of para-hydroxylation sites is 1. The lowest BCUT2D eigenvalue weighted by molar-refractivity contribution is -0.137. The van der Waals surface area contributed by atoms with Gasteiger partial charge in [0.2, 0.25) is 11.8 Å². The van der Waals surface area contributed by atoms with E-state index in [0.717, 1.165) is 12.6 Å². The smallest absolute Gasteiger partial charge is 0.334 e. The number of halogens is 3. The molecular formula is C16H22F3N3O2. The second-order valence-corrected chi connectivity index (χ2v) is 5.69. The van der Waals surface area contributed by atoms with E-state index in [0.29, 0.717) is 13.0 Å². The van der Waals surface area contributed by atoms with E-state index in [1.807, 2.05) is 19.0 Å². The Morgan fingerprint density at radius 1 is 1.12 bits per heavy atom. The summed E-state index contributed by atoms with van der Waals surface area (Å²) in [6.07, 6.45) is -3.89. The predicted octanol–water partition coefficient (Wildman–Crippen LogP) is 2.44. The fourth-order valence-electron chi connectivity index (χ4n) is 2.13. The minimum atomic E-state index is -4.56. The van der Waals surface area contributed by atoms with E-state index in [-0.39, 0.29) is 18.1 Å². The second kappa shape index (κ2) is 8.68. The number of anilines is 1. The number of hydrogen-bond donors (Lipinski definition) is 1. The van der Waals surface area contributed by atoms with Gasteiger partial charge in [0.1, 0.15) is 0 Å². The average Bonchev–Trinajstić information content (AvgIpc) is 2.45. The lowest BCUT2D eigenvalue weighted by Crippen LogP contribution is -2.38. The van der Waals surface area contributed by atoms with Crippen LogP contribution in [0.15, 0.2) is 24.3 Å². The molecule has 0 aliphatic rings. The maximum absolute atomic E-state index is 12.9. The molecule has 24 heavy (non-hydrogen) atoms. The average molecular weight is 345 g/mol. The molecule has 134 valence electrons. The summed E-state index contributed by atoms with van der Waals surface area (Å²) in [7, 11) is 3.78. The van der Waals surface area contributed by atoms with E-state index in [2.05, 4.69) is 5.32 Å². The Morgan fingerprint density at radius 2 is 1.75 bits per heavy atom. The molecule has 5 nitrogen and oxygen atoms in total. The zero-order valence-corrected chi connectivity index (χ0v) is 14.0. The molecule has 0 saturated carbocycles. The van der Waals surface area contributed by atoms with Crippen LogP contribution >= 0.6 is 0 Å². The first kappa shape index (κ1) is 20.0. The van der Waals surface area contributed by atoms with Crippen LogP contribution in [0, 0.1) is 0 Å². The first-order valence-electron chi connectivity index (χ1n) is 7.47. The molecule has 0 spiro atoms. The normalized spacial score (nSPS) is 11.5. The van der Waals surface area contributed by atoms with Crippen molar-refractivity contribution >= 4 is 17.5 Å². The summed E-state index contributed by atoms with van der Waals surface area (Å²) in [5.41, 5.74) is -1.23. The van der Waals surface area contributed by atoms with Gasteiger partial charge >= 0.3 is 6.18 Å². The topological polar surface area (TPSA) is 52.7 Å². The number of alkyl halides is 3. The van der Waals surface area contributed by atoms with E-state index in [4.69, 9.17) is 0 Å². The zero-order chi connectivity index (χ0) is 18.3. The molecule has 0 bridgehead atoms. The van der Waals surface area contributed by atoms with Crippen molar-refractivity contribution in [2.45, 2.75) is 19.5 Å². The quantitative estimate of drug-likeness (QED) is 0.826. The van der Waals surface area contributed by atoms with Crippen molar-refractivity contribution in [1.82, 2.24) is 9.80 Å². The van der Waals surface area contributed by atoms with Gasteiger partial charge < -0.3 is 15.1 Å². The highest BCUT2D eigenvalue weighted by atomic mass is 19.4. The van der Waals surface area contributed by atoms with Crippen LogP contribution in [0.25, 0.3) is 0 Å². The van der Waals surface area contributed by atoms with Crippen LogP contribution in [0.2, 0.25) is 0 Å². The Hall–Kier alpha value is -2.09. The van der Waals surface area contributed by atoms with Crippen molar-refractivity contribution in [3.05, 3.63) is 29.8 Å². The minimum absolute atomic E-state index is 0.283. The van der Waals surface area contributed by atoms with E-state index in [1.165, 1.54) is 30.0 Å². The Labute approximate surface area is 139 Å². The van der Waals surface area contributed by atoms with Gasteiger partial charge in [-0.3, -0.25) is 9.59 Å². The van der Waals surface area contributed by atoms with Gasteiger partial charge in [0.15, 0.2) is 0 Å². The van der Waals surface area contributed by atoms with Crippen LogP contribution in [-0.2, 0) is 15.8 Å². The lowest BCUT2D eigenvalue weighted by atomic mass is 10.1. The highest BCUT2D eigenvalue weighted by Crippen LogP contribution is 2.34. The molecule has 0 heterocycles. The number of amides is 2. The maximum atomic E-state index is 12.9. The largest absolute Gasteiger partial charge is 0.418 e. The van der Waals surface area contributed by atoms with Crippen LogP contribution in [0.1, 0.15) is 18.9 Å². The first-order valence-corrected chi connectivity index (χ1v) is 7.47. The van der Waals surface area contributed by atoms with Crippen molar-refractivity contribution < 1.29 is 22.8 Å². The van der Waals surface area contributed by atoms with Gasteiger partial charge in [-0.15, -0.1) is 0 Å². The second-order valence-electron chi connectivity index (χ2n) is 5.69. The fourth-order valence-corrected chi connectivity index (χ4v) is 2.13. The minimum Gasteiger partial charge on any atom is -0.334 e. The molecule has 0 aromatic heterocycles. The number of carbonyl (C=O) groups excluding carboxylic acids is 2. The van der Waals surface area contributed by atoms with Crippen LogP contribution in [0.3, 0.4) is 0 Å². The Kier molecular flexibility index (Phi) is 7.21. The molecule has 1 rings (SSSR count). The van der Waals surface area contributed by atoms with Crippen molar-refractivity contribution in [1.29, 1.82) is 0 Å². The van der Waals surface area contributed by atoms with E-state index in [1.54, 1.807) is 0 Å². The number of carbonyl (C=O) groups is 2. The number of benzene rings is 1. The number of nitrogens with zero attached hydrogens (tertiary/aromatic N) is 2. The molecule has 0 aliphatic carbocycles. The third-order valence-electron chi connectivity index (χ3n) is 3.32. The molecule has 1 N–H and O–H groups in total. The molecule has 1 aromatic carbocycles. The van der Waals surface area contributed by atoms with Crippen LogP contribution in [0.4, 0.5) is 18.9 Å². The molecule has 8 heteroatoms. The Morgan fingerprint density at radius 3 is 2.29 bits per heavy atom. The highest BCUT2D eigenvalue weighted by molar-refractivity contribution is 5.95. The third-order valence-corrected chi connectivity index (χ3v) is 3.32. The summed E-state index contributed by atoms with van der Waals surface area (Å²) in [6, 6.07) is 4.74. The monoisotopic (exact) mass is 345 g/mol. The first-order chi connectivity index (χ1) is 11.1. The van der Waals surface area contributed by atoms with Gasteiger partial charge in [0.25, 0.3) is 0 Å². The van der Waals surface area contributed by atoms with Gasteiger partial charge in [-0.25, -0.2) is 0 Å². The zero-order valence-electron chi connectivity index (χ0n) is 14.0. The summed E-state index contributed by atoms with van der Waals surface area (Å²) >= 11 is 0. The van der Waals surface area contributed by atoms with E-state index < -0.39 is 17.6 Å². The summed E-state index contributed by atoms with van der Waals surface area (Å²) in [4.78, 5) is 26.9. The maximum Gasteiger partial charge on any atom is 0.418 e. The molecule has 0 saturated heterocycles. The van der Waals surface area contributed by atoms with Crippen molar-refractivity contribution in [2.24, 2.45) is 0 Å². The van der Waals surface area contributed by atoms with Gasteiger partial charge in [-0.2, -0.15) is 13.2 Å². The fraction of sp³-hybridized carbons (Fsp3) is 0.500. The van der Waals surface area contributed by atoms with Crippen LogP contribution in [-0.4, -0.2) is 55.3 Å². The number of rotatable bonds is 7. The molecule has 0 fully saturated rings. The molecular weight excluding hydrogens is 323 g/mol. The summed E-state index contributed by atoms with van der Waals surface area (Å²) in [6.45, 7) is 2.14. The molecule has 0 atom stereocenters. The summed E-state index contributed by atoms with van der Waals surface area (Å²) < 4.78 is 38.7. The van der Waals surface area contributed by atoms with Crippen LogP contribution < -0.4 is 5.32 Å². The summed E-state index contributed by atoms with van der Waals surface area (Å²) in [5, 5.41) is 2.24. The van der Waals surface area contributed by atoms with Gasteiger partial charge in [0, 0.05) is 13.5 Å². The van der Waals surface area contributed by atoms with Gasteiger partial charge in [-0.1, -0.05) is 12.1 Å². The number of nitrogens with one attached hydrogen (secondary N) is 1. The Balaban J connectivity index is 2.72. The molecule has 0 radical (unpaired) electrons. The van der Waals surface area contributed by atoms with Gasteiger partial charge in [0.05, 0.1) is 17.8 Å². The molecule has 0 unspecified atom stereocenters. The van der Waals surface area contributed by atoms with Crippen LogP contribution in [0.5, 0.6) is 0 Å². The molecule has 2 amide bonds. The van der Waals surface area contributed by atoms with Gasteiger partial charge in [-0.05, 0) is 39.2 Å². The van der Waals surface area contributed by atoms with E-state index >= 15 is 0 Å². The third kappa shape index (κ3) is 6.57. The van der Waals surface area contributed by atoms with Crippen molar-refractivity contribution in [3.63, 3.8) is 0 Å². The van der Waals surface area contributed by atoms with E-state index in [9.17, 15) is 22.8 Å². The highest BCUT2D eigenvalue weighted by Gasteiger charge is 2.33. The predicted molar refractivity (Wildman–Crippen MR) is 85.5 cm³/mol. The number of hydrogen-bond acceptors (Lipinski definition) is 3. The summed E-state index contributed by atoms with van der Waals surface area (Å²) in [5.74, 6) is -0.959.